The lowest BCUT2D eigenvalue weighted by atomic mass is 9.88. The molecule has 0 saturated carbocycles. The number of allylic oxidation sites excluding steroid dienone is 6. The molecule has 1 aliphatic carbocycles. The Morgan fingerprint density at radius 3 is 2.78 bits per heavy atom. The van der Waals surface area contributed by atoms with Crippen LogP contribution in [0.25, 0.3) is 0 Å². The maximum absolute atomic E-state index is 10.8. The van der Waals surface area contributed by atoms with Crippen molar-refractivity contribution < 1.29 is 4.79 Å². The molecule has 0 spiro atoms. The zero-order chi connectivity index (χ0) is 13.4. The molecular weight excluding hydrogens is 220 g/mol. The van der Waals surface area contributed by atoms with Gasteiger partial charge in [-0.1, -0.05) is 34.9 Å². The molecule has 1 rings (SSSR count). The van der Waals surface area contributed by atoms with Gasteiger partial charge in [0, 0.05) is 5.92 Å². The Hall–Kier alpha value is -1.11. The van der Waals surface area contributed by atoms with E-state index in [0.717, 1.165) is 44.8 Å². The SMILES string of the molecule is CC(C)=CCC/C(C)=C/CC1=CCCC(C=O)C1. The van der Waals surface area contributed by atoms with Crippen molar-refractivity contribution in [3.8, 4) is 0 Å². The molecule has 1 aliphatic rings. The van der Waals surface area contributed by atoms with Crippen LogP contribution in [0.3, 0.4) is 0 Å². The summed E-state index contributed by atoms with van der Waals surface area (Å²) in [6.45, 7) is 6.50. The third-order valence-corrected chi connectivity index (χ3v) is 3.49. The largest absolute Gasteiger partial charge is 0.303 e. The Morgan fingerprint density at radius 1 is 1.33 bits per heavy atom. The monoisotopic (exact) mass is 246 g/mol. The first-order valence-corrected chi connectivity index (χ1v) is 7.04. The van der Waals surface area contributed by atoms with Gasteiger partial charge in [0.15, 0.2) is 0 Å². The topological polar surface area (TPSA) is 17.1 Å². The quantitative estimate of drug-likeness (QED) is 0.476. The molecule has 100 valence electrons. The molecule has 1 atom stereocenters. The van der Waals surface area contributed by atoms with Gasteiger partial charge in [-0.15, -0.1) is 0 Å². The van der Waals surface area contributed by atoms with Crippen molar-refractivity contribution in [2.75, 3.05) is 0 Å². The molecule has 1 nitrogen and oxygen atoms in total. The summed E-state index contributed by atoms with van der Waals surface area (Å²) in [5.74, 6) is 0.268. The zero-order valence-electron chi connectivity index (χ0n) is 12.0. The summed E-state index contributed by atoms with van der Waals surface area (Å²) in [5.41, 5.74) is 4.30. The molecular formula is C17H26O. The summed E-state index contributed by atoms with van der Waals surface area (Å²) in [6, 6.07) is 0. The van der Waals surface area contributed by atoms with Gasteiger partial charge in [-0.25, -0.2) is 0 Å². The normalized spacial score (nSPS) is 20.3. The van der Waals surface area contributed by atoms with Crippen molar-refractivity contribution in [1.82, 2.24) is 0 Å². The number of rotatable bonds is 6. The molecule has 0 amide bonds. The lowest BCUT2D eigenvalue weighted by molar-refractivity contribution is -0.111. The Bertz CT molecular complexity index is 354. The van der Waals surface area contributed by atoms with Gasteiger partial charge >= 0.3 is 0 Å². The summed E-state index contributed by atoms with van der Waals surface area (Å²) in [7, 11) is 0. The molecule has 0 N–H and O–H groups in total. The molecule has 0 radical (unpaired) electrons. The van der Waals surface area contributed by atoms with Crippen LogP contribution < -0.4 is 0 Å². The number of hydrogen-bond donors (Lipinski definition) is 0. The lowest BCUT2D eigenvalue weighted by Crippen LogP contribution is -2.07. The first-order chi connectivity index (χ1) is 8.61. The van der Waals surface area contributed by atoms with Crippen LogP contribution in [0.15, 0.2) is 34.9 Å². The van der Waals surface area contributed by atoms with E-state index in [4.69, 9.17) is 0 Å². The summed E-state index contributed by atoms with van der Waals surface area (Å²) >= 11 is 0. The minimum Gasteiger partial charge on any atom is -0.303 e. The number of hydrogen-bond acceptors (Lipinski definition) is 1. The minimum absolute atomic E-state index is 0.268. The van der Waals surface area contributed by atoms with Gasteiger partial charge in [0.05, 0.1) is 0 Å². The van der Waals surface area contributed by atoms with E-state index in [1.165, 1.54) is 16.7 Å². The lowest BCUT2D eigenvalue weighted by Gasteiger charge is -2.17. The molecule has 0 fully saturated rings. The van der Waals surface area contributed by atoms with Gasteiger partial charge in [0.25, 0.3) is 0 Å². The van der Waals surface area contributed by atoms with Crippen molar-refractivity contribution in [3.05, 3.63) is 34.9 Å². The van der Waals surface area contributed by atoms with E-state index in [9.17, 15) is 4.79 Å². The van der Waals surface area contributed by atoms with Crippen LogP contribution in [-0.2, 0) is 4.79 Å². The van der Waals surface area contributed by atoms with Gasteiger partial charge in [-0.2, -0.15) is 0 Å². The van der Waals surface area contributed by atoms with Gasteiger partial charge in [-0.3, -0.25) is 0 Å². The second-order valence-electron chi connectivity index (χ2n) is 5.61. The molecule has 0 saturated heterocycles. The highest BCUT2D eigenvalue weighted by Crippen LogP contribution is 2.25. The van der Waals surface area contributed by atoms with E-state index < -0.39 is 0 Å². The summed E-state index contributed by atoms with van der Waals surface area (Å²) in [4.78, 5) is 10.8. The Kier molecular flexibility index (Phi) is 6.70. The Labute approximate surface area is 112 Å². The van der Waals surface area contributed by atoms with Crippen molar-refractivity contribution in [3.63, 3.8) is 0 Å². The van der Waals surface area contributed by atoms with Crippen LogP contribution in [0.4, 0.5) is 0 Å². The highest BCUT2D eigenvalue weighted by molar-refractivity contribution is 5.54. The summed E-state index contributed by atoms with van der Waals surface area (Å²) in [5, 5.41) is 0. The van der Waals surface area contributed by atoms with Crippen molar-refractivity contribution in [2.24, 2.45) is 5.92 Å². The second kappa shape index (κ2) is 8.07. The van der Waals surface area contributed by atoms with E-state index in [2.05, 4.69) is 39.0 Å². The van der Waals surface area contributed by atoms with Crippen LogP contribution in [0.2, 0.25) is 0 Å². The highest BCUT2D eigenvalue weighted by Gasteiger charge is 2.13. The van der Waals surface area contributed by atoms with Crippen molar-refractivity contribution >= 4 is 6.29 Å². The average Bonchev–Trinajstić information content (AvgIpc) is 2.36. The zero-order valence-corrected chi connectivity index (χ0v) is 12.0. The fraction of sp³-hybridized carbons (Fsp3) is 0.588. The van der Waals surface area contributed by atoms with E-state index in [-0.39, 0.29) is 5.92 Å². The fourth-order valence-electron chi connectivity index (χ4n) is 2.30. The maximum atomic E-state index is 10.8. The third-order valence-electron chi connectivity index (χ3n) is 3.49. The molecule has 18 heavy (non-hydrogen) atoms. The van der Waals surface area contributed by atoms with Gasteiger partial charge in [0.1, 0.15) is 6.29 Å². The molecule has 0 aromatic carbocycles. The molecule has 1 heteroatoms. The standard InChI is InChI=1S/C17H26O/c1-14(2)6-4-7-15(3)10-11-16-8-5-9-17(12-16)13-18/h6,8,10,13,17H,4-5,7,9,11-12H2,1-3H3/b15-10+. The molecule has 0 heterocycles. The average molecular weight is 246 g/mol. The molecule has 0 aliphatic heterocycles. The number of carbonyl (C=O) groups is 1. The van der Waals surface area contributed by atoms with E-state index in [0.29, 0.717) is 0 Å². The molecule has 1 unspecified atom stereocenters. The first-order valence-electron chi connectivity index (χ1n) is 7.04. The van der Waals surface area contributed by atoms with Gasteiger partial charge in [-0.05, 0) is 59.3 Å². The number of carbonyl (C=O) groups excluding carboxylic acids is 1. The minimum atomic E-state index is 0.268. The van der Waals surface area contributed by atoms with Crippen LogP contribution in [-0.4, -0.2) is 6.29 Å². The molecule has 0 bridgehead atoms. The predicted molar refractivity (Wildman–Crippen MR) is 78.5 cm³/mol. The van der Waals surface area contributed by atoms with E-state index in [1.807, 2.05) is 0 Å². The van der Waals surface area contributed by atoms with Gasteiger partial charge < -0.3 is 4.79 Å². The first kappa shape index (κ1) is 14.9. The maximum Gasteiger partial charge on any atom is 0.123 e. The van der Waals surface area contributed by atoms with E-state index >= 15 is 0 Å². The summed E-state index contributed by atoms with van der Waals surface area (Å²) in [6.07, 6.45) is 14.5. The van der Waals surface area contributed by atoms with Crippen molar-refractivity contribution in [2.45, 2.75) is 59.3 Å². The number of aldehydes is 1. The van der Waals surface area contributed by atoms with E-state index in [1.54, 1.807) is 0 Å². The highest BCUT2D eigenvalue weighted by atomic mass is 16.1. The molecule has 0 aromatic heterocycles. The van der Waals surface area contributed by atoms with Crippen LogP contribution in [0.5, 0.6) is 0 Å². The summed E-state index contributed by atoms with van der Waals surface area (Å²) < 4.78 is 0. The fourth-order valence-corrected chi connectivity index (χ4v) is 2.30. The predicted octanol–water partition coefficient (Wildman–Crippen LogP) is 4.99. The third kappa shape index (κ3) is 6.00. The second-order valence-corrected chi connectivity index (χ2v) is 5.61. The van der Waals surface area contributed by atoms with Crippen LogP contribution >= 0.6 is 0 Å². The molecule has 0 aromatic rings. The Morgan fingerprint density at radius 2 is 2.11 bits per heavy atom. The van der Waals surface area contributed by atoms with Crippen LogP contribution in [0.1, 0.15) is 59.3 Å². The van der Waals surface area contributed by atoms with Gasteiger partial charge in [0.2, 0.25) is 0 Å². The Balaban J connectivity index is 2.36. The van der Waals surface area contributed by atoms with Crippen LogP contribution in [0, 0.1) is 5.92 Å². The smallest absolute Gasteiger partial charge is 0.123 e. The van der Waals surface area contributed by atoms with Crippen molar-refractivity contribution in [1.29, 1.82) is 0 Å².